The molecule has 2 N–H and O–H groups in total. The molecule has 1 aromatic rings. The van der Waals surface area contributed by atoms with Crippen molar-refractivity contribution in [2.45, 2.75) is 6.54 Å². The van der Waals surface area contributed by atoms with Crippen molar-refractivity contribution in [1.29, 1.82) is 0 Å². The van der Waals surface area contributed by atoms with Gasteiger partial charge in [0.05, 0.1) is 0 Å². The van der Waals surface area contributed by atoms with Gasteiger partial charge in [-0.1, -0.05) is 6.07 Å². The van der Waals surface area contributed by atoms with Crippen LogP contribution < -0.4 is 5.73 Å². The Morgan fingerprint density at radius 1 is 1.45 bits per heavy atom. The van der Waals surface area contributed by atoms with Gasteiger partial charge in [-0.05, 0) is 34.7 Å². The van der Waals surface area contributed by atoms with E-state index >= 15 is 0 Å². The van der Waals surface area contributed by atoms with E-state index in [4.69, 9.17) is 5.73 Å². The summed E-state index contributed by atoms with van der Waals surface area (Å²) < 4.78 is 13.7. The summed E-state index contributed by atoms with van der Waals surface area (Å²) in [4.78, 5) is 0. The van der Waals surface area contributed by atoms with Crippen LogP contribution in [0.3, 0.4) is 0 Å². The van der Waals surface area contributed by atoms with Gasteiger partial charge in [0, 0.05) is 15.7 Å². The highest BCUT2D eigenvalue weighted by Crippen LogP contribution is 2.10. The predicted octanol–water partition coefficient (Wildman–Crippen LogP) is 2.31. The summed E-state index contributed by atoms with van der Waals surface area (Å²) in [5.41, 5.74) is 5.83. The van der Waals surface area contributed by atoms with Gasteiger partial charge >= 0.3 is 0 Å². The van der Waals surface area contributed by atoms with E-state index < -0.39 is 0 Å². The lowest BCUT2D eigenvalue weighted by molar-refractivity contribution is 0.609. The van der Waals surface area contributed by atoms with Gasteiger partial charge in [0.2, 0.25) is 0 Å². The number of rotatable bonds is 1. The van der Waals surface area contributed by atoms with E-state index in [1.54, 1.807) is 6.07 Å². The van der Waals surface area contributed by atoms with Crippen molar-refractivity contribution in [3.63, 3.8) is 0 Å². The average Bonchev–Trinajstić information content (AvgIpc) is 1.88. The summed E-state index contributed by atoms with van der Waals surface area (Å²) in [7, 11) is 0. The van der Waals surface area contributed by atoms with Crippen LogP contribution in [-0.4, -0.2) is 0 Å². The Labute approximate surface area is 84.7 Å². The molecule has 0 aliphatic carbocycles. The van der Waals surface area contributed by atoms with Crippen molar-refractivity contribution in [2.24, 2.45) is 5.73 Å². The molecule has 0 atom stereocenters. The molecular weight excluding hydrogens is 279 g/mol. The second kappa shape index (κ2) is 4.90. The summed E-state index contributed by atoms with van der Waals surface area (Å²) in [6, 6.07) is 5.02. The molecule has 0 aromatic heterocycles. The molecule has 1 rings (SSSR count). The minimum absolute atomic E-state index is 0. The smallest absolute Gasteiger partial charge is 0.128 e. The van der Waals surface area contributed by atoms with Crippen LogP contribution in [0.1, 0.15) is 5.56 Å². The monoisotopic (exact) mass is 287 g/mol. The van der Waals surface area contributed by atoms with Gasteiger partial charge in [-0.25, -0.2) is 4.39 Å². The van der Waals surface area contributed by atoms with E-state index in [-0.39, 0.29) is 24.8 Å². The molecule has 0 bridgehead atoms. The molecule has 0 aliphatic heterocycles. The number of benzene rings is 1. The van der Waals surface area contributed by atoms with E-state index in [2.05, 4.69) is 22.6 Å². The van der Waals surface area contributed by atoms with Gasteiger partial charge in [0.25, 0.3) is 0 Å². The van der Waals surface area contributed by atoms with Crippen LogP contribution in [-0.2, 0) is 6.54 Å². The topological polar surface area (TPSA) is 26.0 Å². The fraction of sp³-hybridized carbons (Fsp3) is 0.143. The number of nitrogens with two attached hydrogens (primary N) is 1. The molecule has 1 nitrogen and oxygen atoms in total. The minimum Gasteiger partial charge on any atom is -0.326 e. The summed E-state index contributed by atoms with van der Waals surface area (Å²) in [6.07, 6.45) is 0. The third-order valence-corrected chi connectivity index (χ3v) is 1.91. The van der Waals surface area contributed by atoms with Crippen LogP contribution in [0.4, 0.5) is 4.39 Å². The maximum atomic E-state index is 12.8. The van der Waals surface area contributed by atoms with Crippen LogP contribution in [0.5, 0.6) is 0 Å². The molecule has 0 saturated heterocycles. The number of hydrogen-bond acceptors (Lipinski definition) is 1. The Kier molecular flexibility index (Phi) is 4.96. The van der Waals surface area contributed by atoms with Crippen molar-refractivity contribution in [2.75, 3.05) is 0 Å². The molecule has 0 heterocycles. The van der Waals surface area contributed by atoms with Gasteiger partial charge in [0.1, 0.15) is 5.82 Å². The highest BCUT2D eigenvalue weighted by Gasteiger charge is 1.98. The van der Waals surface area contributed by atoms with Crippen molar-refractivity contribution in [3.8, 4) is 0 Å². The van der Waals surface area contributed by atoms with Gasteiger partial charge < -0.3 is 5.73 Å². The van der Waals surface area contributed by atoms with Crippen molar-refractivity contribution in [1.82, 2.24) is 0 Å². The molecule has 0 spiro atoms. The second-order valence-corrected chi connectivity index (χ2v) is 3.19. The SMILES string of the molecule is Cl.NCc1ccc(I)cc1F. The van der Waals surface area contributed by atoms with Crippen LogP contribution in [0, 0.1) is 9.39 Å². The maximum Gasteiger partial charge on any atom is 0.128 e. The zero-order valence-electron chi connectivity index (χ0n) is 5.68. The Balaban J connectivity index is 0.000001000. The number of hydrogen-bond donors (Lipinski definition) is 1. The summed E-state index contributed by atoms with van der Waals surface area (Å²) in [5.74, 6) is -0.214. The van der Waals surface area contributed by atoms with E-state index in [1.165, 1.54) is 6.07 Å². The van der Waals surface area contributed by atoms with Crippen LogP contribution >= 0.6 is 35.0 Å². The van der Waals surface area contributed by atoms with Gasteiger partial charge in [0.15, 0.2) is 0 Å². The average molecular weight is 288 g/mol. The lowest BCUT2D eigenvalue weighted by atomic mass is 10.2. The second-order valence-electron chi connectivity index (χ2n) is 1.94. The fourth-order valence-corrected chi connectivity index (χ4v) is 1.14. The molecule has 1 aromatic carbocycles. The standard InChI is InChI=1S/C7H7FIN.ClH/c8-7-3-6(9)2-1-5(7)4-10;/h1-3H,4,10H2;1H. The maximum absolute atomic E-state index is 12.8. The van der Waals surface area contributed by atoms with Crippen molar-refractivity contribution in [3.05, 3.63) is 33.1 Å². The first-order chi connectivity index (χ1) is 4.74. The highest BCUT2D eigenvalue weighted by atomic mass is 127. The Hall–Kier alpha value is 0.130. The molecule has 0 unspecified atom stereocenters. The molecule has 0 aliphatic rings. The summed E-state index contributed by atoms with van der Waals surface area (Å²) >= 11 is 2.06. The molecule has 0 saturated carbocycles. The predicted molar refractivity (Wildman–Crippen MR) is 54.3 cm³/mol. The first-order valence-electron chi connectivity index (χ1n) is 2.88. The van der Waals surface area contributed by atoms with E-state index in [9.17, 15) is 4.39 Å². The van der Waals surface area contributed by atoms with E-state index in [0.717, 1.165) is 3.57 Å². The summed E-state index contributed by atoms with van der Waals surface area (Å²) in [5, 5.41) is 0. The van der Waals surface area contributed by atoms with Crippen molar-refractivity contribution >= 4 is 35.0 Å². The summed E-state index contributed by atoms with van der Waals surface area (Å²) in [6.45, 7) is 0.267. The molecular formula is C7H8ClFIN. The van der Waals surface area contributed by atoms with Crippen LogP contribution in [0.2, 0.25) is 0 Å². The Morgan fingerprint density at radius 2 is 2.09 bits per heavy atom. The molecule has 0 fully saturated rings. The first-order valence-corrected chi connectivity index (χ1v) is 3.96. The molecule has 0 amide bonds. The first kappa shape index (κ1) is 11.1. The van der Waals surface area contributed by atoms with E-state index in [0.29, 0.717) is 5.56 Å². The Morgan fingerprint density at radius 3 is 2.55 bits per heavy atom. The van der Waals surface area contributed by atoms with Crippen LogP contribution in [0.15, 0.2) is 18.2 Å². The number of halogens is 3. The Bertz CT molecular complexity index is 242. The molecule has 62 valence electrons. The van der Waals surface area contributed by atoms with Crippen LogP contribution in [0.25, 0.3) is 0 Å². The lowest BCUT2D eigenvalue weighted by Crippen LogP contribution is -1.99. The third-order valence-electron chi connectivity index (χ3n) is 1.24. The molecule has 0 radical (unpaired) electrons. The fourth-order valence-electron chi connectivity index (χ4n) is 0.687. The van der Waals surface area contributed by atoms with Crippen molar-refractivity contribution < 1.29 is 4.39 Å². The van der Waals surface area contributed by atoms with E-state index in [1.807, 2.05) is 6.07 Å². The normalized spacial score (nSPS) is 9.00. The van der Waals surface area contributed by atoms with Gasteiger partial charge in [-0.3, -0.25) is 0 Å². The largest absolute Gasteiger partial charge is 0.326 e. The lowest BCUT2D eigenvalue weighted by Gasteiger charge is -1.97. The van der Waals surface area contributed by atoms with Gasteiger partial charge in [-0.15, -0.1) is 12.4 Å². The minimum atomic E-state index is -0.214. The zero-order valence-corrected chi connectivity index (χ0v) is 8.65. The quantitative estimate of drug-likeness (QED) is 0.788. The molecule has 4 heteroatoms. The zero-order chi connectivity index (χ0) is 7.56. The van der Waals surface area contributed by atoms with Gasteiger partial charge in [-0.2, -0.15) is 0 Å². The molecule has 11 heavy (non-hydrogen) atoms. The highest BCUT2D eigenvalue weighted by molar-refractivity contribution is 14.1. The third kappa shape index (κ3) is 2.92.